The molecule has 0 radical (unpaired) electrons. The summed E-state index contributed by atoms with van der Waals surface area (Å²) in [5.74, 6) is 0.662. The molecule has 2 aromatic rings. The van der Waals surface area contributed by atoms with Crippen molar-refractivity contribution in [1.29, 1.82) is 0 Å². The summed E-state index contributed by atoms with van der Waals surface area (Å²) in [6.45, 7) is 0.391. The molecule has 0 aromatic heterocycles. The topological polar surface area (TPSA) is 21.6 Å². The second-order valence-electron chi connectivity index (χ2n) is 6.06. The van der Waals surface area contributed by atoms with Gasteiger partial charge >= 0.3 is 0 Å². The smallest absolute Gasteiger partial charge is 0.143 e. The molecule has 0 saturated heterocycles. The third kappa shape index (κ3) is 4.35. The van der Waals surface area contributed by atoms with Gasteiger partial charge in [0.05, 0.1) is 6.21 Å². The van der Waals surface area contributed by atoms with Crippen LogP contribution in [0.2, 0.25) is 5.02 Å². The molecule has 2 aromatic carbocycles. The van der Waals surface area contributed by atoms with Crippen molar-refractivity contribution in [3.63, 3.8) is 0 Å². The van der Waals surface area contributed by atoms with E-state index in [0.717, 1.165) is 5.56 Å². The van der Waals surface area contributed by atoms with Crippen LogP contribution in [0.1, 0.15) is 54.7 Å². The lowest BCUT2D eigenvalue weighted by Gasteiger charge is -2.23. The Morgan fingerprint density at radius 3 is 2.57 bits per heavy atom. The molecule has 0 bridgehead atoms. The van der Waals surface area contributed by atoms with Gasteiger partial charge in [0.2, 0.25) is 0 Å². The maximum atomic E-state index is 6.12. The zero-order valence-corrected chi connectivity index (χ0v) is 14.0. The van der Waals surface area contributed by atoms with Crippen LogP contribution in [0.5, 0.6) is 0 Å². The zero-order valence-electron chi connectivity index (χ0n) is 13.2. The largest absolute Gasteiger partial charge is 0.391 e. The Morgan fingerprint density at radius 2 is 1.74 bits per heavy atom. The molecule has 0 spiro atoms. The quantitative estimate of drug-likeness (QED) is 0.492. The van der Waals surface area contributed by atoms with Gasteiger partial charge < -0.3 is 4.84 Å². The van der Waals surface area contributed by atoms with Gasteiger partial charge in [0.15, 0.2) is 0 Å². The Kier molecular flexibility index (Phi) is 5.71. The van der Waals surface area contributed by atoms with Crippen molar-refractivity contribution in [2.24, 2.45) is 5.16 Å². The number of benzene rings is 2. The van der Waals surface area contributed by atoms with Gasteiger partial charge in [-0.05, 0) is 36.0 Å². The van der Waals surface area contributed by atoms with Crippen LogP contribution >= 0.6 is 11.6 Å². The van der Waals surface area contributed by atoms with E-state index in [-0.39, 0.29) is 0 Å². The normalized spacial score (nSPS) is 15.9. The van der Waals surface area contributed by atoms with Crippen LogP contribution in [0.25, 0.3) is 0 Å². The number of oxime groups is 1. The van der Waals surface area contributed by atoms with E-state index >= 15 is 0 Å². The minimum Gasteiger partial charge on any atom is -0.391 e. The van der Waals surface area contributed by atoms with Crippen LogP contribution in [0, 0.1) is 0 Å². The lowest BCUT2D eigenvalue weighted by molar-refractivity contribution is 0.132. The van der Waals surface area contributed by atoms with Crippen LogP contribution in [-0.2, 0) is 11.4 Å². The fraction of sp³-hybridized carbons (Fsp3) is 0.350. The number of hydrogen-bond acceptors (Lipinski definition) is 2. The minimum absolute atomic E-state index is 0.391. The third-order valence-electron chi connectivity index (χ3n) is 4.49. The molecule has 0 heterocycles. The molecule has 120 valence electrons. The van der Waals surface area contributed by atoms with Crippen LogP contribution in [0.15, 0.2) is 53.7 Å². The predicted octanol–water partition coefficient (Wildman–Crippen LogP) is 5.94. The predicted molar refractivity (Wildman–Crippen MR) is 96.1 cm³/mol. The fourth-order valence-electron chi connectivity index (χ4n) is 3.23. The first kappa shape index (κ1) is 16.1. The van der Waals surface area contributed by atoms with Gasteiger partial charge in [0.25, 0.3) is 0 Å². The van der Waals surface area contributed by atoms with E-state index < -0.39 is 0 Å². The maximum Gasteiger partial charge on any atom is 0.143 e. The standard InChI is InChI=1S/C20H22ClNO/c21-20-13-7-5-11-18(20)15-23-22-14-17-10-4-6-12-19(17)16-8-2-1-3-9-16/h4-7,10-14,16H,1-3,8-9,15H2. The van der Waals surface area contributed by atoms with Crippen molar-refractivity contribution in [3.8, 4) is 0 Å². The summed E-state index contributed by atoms with van der Waals surface area (Å²) in [6.07, 6.45) is 8.43. The highest BCUT2D eigenvalue weighted by atomic mass is 35.5. The van der Waals surface area contributed by atoms with Gasteiger partial charge in [-0.1, -0.05) is 78.5 Å². The summed E-state index contributed by atoms with van der Waals surface area (Å²) in [7, 11) is 0. The Hall–Kier alpha value is -1.80. The lowest BCUT2D eigenvalue weighted by atomic mass is 9.82. The van der Waals surface area contributed by atoms with Crippen molar-refractivity contribution in [1.82, 2.24) is 0 Å². The number of rotatable bonds is 5. The van der Waals surface area contributed by atoms with E-state index in [2.05, 4.69) is 29.4 Å². The molecule has 0 N–H and O–H groups in total. The molecule has 0 aliphatic heterocycles. The highest BCUT2D eigenvalue weighted by molar-refractivity contribution is 6.31. The Balaban J connectivity index is 1.64. The van der Waals surface area contributed by atoms with Crippen molar-refractivity contribution in [2.75, 3.05) is 0 Å². The van der Waals surface area contributed by atoms with E-state index in [9.17, 15) is 0 Å². The molecule has 1 saturated carbocycles. The van der Waals surface area contributed by atoms with Crippen molar-refractivity contribution in [3.05, 3.63) is 70.2 Å². The summed E-state index contributed by atoms with van der Waals surface area (Å²) in [5.41, 5.74) is 3.52. The van der Waals surface area contributed by atoms with E-state index in [4.69, 9.17) is 16.4 Å². The average molecular weight is 328 g/mol. The van der Waals surface area contributed by atoms with Crippen LogP contribution in [0.3, 0.4) is 0 Å². The van der Waals surface area contributed by atoms with Crippen LogP contribution in [0.4, 0.5) is 0 Å². The first-order valence-electron chi connectivity index (χ1n) is 8.32. The average Bonchev–Trinajstić information content (AvgIpc) is 2.61. The molecule has 0 unspecified atom stereocenters. The molecule has 0 atom stereocenters. The second kappa shape index (κ2) is 8.16. The summed E-state index contributed by atoms with van der Waals surface area (Å²) < 4.78 is 0. The molecular weight excluding hydrogens is 306 g/mol. The molecule has 3 rings (SSSR count). The number of hydrogen-bond donors (Lipinski definition) is 0. The monoisotopic (exact) mass is 327 g/mol. The van der Waals surface area contributed by atoms with E-state index in [1.807, 2.05) is 30.5 Å². The Morgan fingerprint density at radius 1 is 1.00 bits per heavy atom. The molecule has 23 heavy (non-hydrogen) atoms. The van der Waals surface area contributed by atoms with Gasteiger partial charge in [0, 0.05) is 10.6 Å². The van der Waals surface area contributed by atoms with Crippen LogP contribution in [-0.4, -0.2) is 6.21 Å². The first-order valence-corrected chi connectivity index (χ1v) is 8.70. The summed E-state index contributed by atoms with van der Waals surface area (Å²) in [5, 5.41) is 4.86. The molecular formula is C20H22ClNO. The first-order chi connectivity index (χ1) is 11.3. The highest BCUT2D eigenvalue weighted by Gasteiger charge is 2.17. The zero-order chi connectivity index (χ0) is 15.9. The lowest BCUT2D eigenvalue weighted by Crippen LogP contribution is -2.07. The van der Waals surface area contributed by atoms with Crippen molar-refractivity contribution >= 4 is 17.8 Å². The van der Waals surface area contributed by atoms with Gasteiger partial charge in [-0.15, -0.1) is 0 Å². The third-order valence-corrected chi connectivity index (χ3v) is 4.85. The minimum atomic E-state index is 0.391. The SMILES string of the molecule is Clc1ccccc1CON=Cc1ccccc1C1CCCCC1. The van der Waals surface area contributed by atoms with E-state index in [1.165, 1.54) is 43.2 Å². The van der Waals surface area contributed by atoms with Crippen LogP contribution < -0.4 is 0 Å². The van der Waals surface area contributed by atoms with Crippen molar-refractivity contribution < 1.29 is 4.84 Å². The van der Waals surface area contributed by atoms with Gasteiger partial charge in [0.1, 0.15) is 6.61 Å². The second-order valence-corrected chi connectivity index (χ2v) is 6.47. The molecule has 3 heteroatoms. The molecule has 0 amide bonds. The van der Waals surface area contributed by atoms with Gasteiger partial charge in [-0.3, -0.25) is 0 Å². The van der Waals surface area contributed by atoms with Gasteiger partial charge in [-0.25, -0.2) is 0 Å². The van der Waals surface area contributed by atoms with Gasteiger partial charge in [-0.2, -0.15) is 0 Å². The van der Waals surface area contributed by atoms with Crippen molar-refractivity contribution in [2.45, 2.75) is 44.6 Å². The Bertz CT molecular complexity index is 662. The maximum absolute atomic E-state index is 6.12. The molecule has 1 aliphatic carbocycles. The molecule has 2 nitrogen and oxygen atoms in total. The Labute approximate surface area is 143 Å². The summed E-state index contributed by atoms with van der Waals surface area (Å²) >= 11 is 6.12. The number of nitrogens with zero attached hydrogens (tertiary/aromatic N) is 1. The fourth-order valence-corrected chi connectivity index (χ4v) is 3.42. The highest BCUT2D eigenvalue weighted by Crippen LogP contribution is 2.33. The summed E-state index contributed by atoms with van der Waals surface area (Å²) in [4.78, 5) is 5.43. The number of halogens is 1. The molecule has 1 aliphatic rings. The molecule has 1 fully saturated rings. The van der Waals surface area contributed by atoms with E-state index in [0.29, 0.717) is 17.5 Å². The van der Waals surface area contributed by atoms with E-state index in [1.54, 1.807) is 0 Å². The summed E-state index contributed by atoms with van der Waals surface area (Å²) in [6, 6.07) is 16.2.